The second-order valence-corrected chi connectivity index (χ2v) is 8.70. The summed E-state index contributed by atoms with van der Waals surface area (Å²) in [6, 6.07) is 7.68. The van der Waals surface area contributed by atoms with Crippen LogP contribution in [0.5, 0.6) is 0 Å². The molecular weight excluding hydrogens is 449 g/mol. The van der Waals surface area contributed by atoms with Crippen molar-refractivity contribution in [2.24, 2.45) is 0 Å². The average molecular weight is 472 g/mol. The number of hydrogen-bond donors (Lipinski definition) is 1. The highest BCUT2D eigenvalue weighted by Gasteiger charge is 2.30. The van der Waals surface area contributed by atoms with E-state index in [1.807, 2.05) is 0 Å². The number of carbonyl (C=O) groups is 2. The minimum absolute atomic E-state index is 0.00356. The number of amides is 1. The minimum Gasteiger partial charge on any atom is -0.452 e. The highest BCUT2D eigenvalue weighted by molar-refractivity contribution is 7.89. The standard InChI is InChI=1S/C21H23F3N2O5S/c1-4-26(5-2)32(29,30)17-11-6-14(3)18(12-17)25-19(27)13-31-20(28)15-7-9-16(10-8-15)21(22,23)24/h6-12H,4-5,13H2,1-3H3,(H,25,27). The summed E-state index contributed by atoms with van der Waals surface area (Å²) in [4.78, 5) is 24.2. The molecule has 0 bridgehead atoms. The molecule has 0 unspecified atom stereocenters. The molecular formula is C21H23F3N2O5S. The van der Waals surface area contributed by atoms with Crippen LogP contribution in [0.15, 0.2) is 47.4 Å². The van der Waals surface area contributed by atoms with E-state index in [-0.39, 0.29) is 29.2 Å². The number of nitrogens with one attached hydrogen (secondary N) is 1. The van der Waals surface area contributed by atoms with Crippen LogP contribution in [-0.2, 0) is 25.7 Å². The number of alkyl halides is 3. The number of esters is 1. The van der Waals surface area contributed by atoms with E-state index in [2.05, 4.69) is 5.32 Å². The molecule has 0 radical (unpaired) electrons. The summed E-state index contributed by atoms with van der Waals surface area (Å²) in [5.74, 6) is -1.70. The zero-order chi connectivity index (χ0) is 24.1. The first-order valence-electron chi connectivity index (χ1n) is 9.65. The molecule has 0 atom stereocenters. The molecule has 0 aliphatic heterocycles. The van der Waals surface area contributed by atoms with Gasteiger partial charge in [-0.2, -0.15) is 17.5 Å². The normalized spacial score (nSPS) is 12.0. The van der Waals surface area contributed by atoms with Gasteiger partial charge in [0.05, 0.1) is 16.0 Å². The van der Waals surface area contributed by atoms with Crippen LogP contribution in [0.1, 0.15) is 35.3 Å². The van der Waals surface area contributed by atoms with Crippen LogP contribution in [0.2, 0.25) is 0 Å². The van der Waals surface area contributed by atoms with Crippen LogP contribution >= 0.6 is 0 Å². The lowest BCUT2D eigenvalue weighted by Gasteiger charge is -2.19. The lowest BCUT2D eigenvalue weighted by Crippen LogP contribution is -2.30. The number of benzene rings is 2. The first-order chi connectivity index (χ1) is 14.9. The predicted molar refractivity (Wildman–Crippen MR) is 112 cm³/mol. The molecule has 1 amide bonds. The van der Waals surface area contributed by atoms with Crippen molar-refractivity contribution in [2.75, 3.05) is 25.0 Å². The summed E-state index contributed by atoms with van der Waals surface area (Å²) in [5.41, 5.74) is -0.240. The van der Waals surface area contributed by atoms with Crippen LogP contribution in [0, 0.1) is 6.92 Å². The Kier molecular flexibility index (Phi) is 8.02. The van der Waals surface area contributed by atoms with E-state index in [0.717, 1.165) is 24.3 Å². The third kappa shape index (κ3) is 6.07. The summed E-state index contributed by atoms with van der Waals surface area (Å²) in [5, 5.41) is 2.49. The Bertz CT molecular complexity index is 1080. The lowest BCUT2D eigenvalue weighted by atomic mass is 10.1. The molecule has 0 heterocycles. The number of anilines is 1. The van der Waals surface area contributed by atoms with Gasteiger partial charge in [-0.1, -0.05) is 19.9 Å². The molecule has 32 heavy (non-hydrogen) atoms. The summed E-state index contributed by atoms with van der Waals surface area (Å²) >= 11 is 0. The maximum Gasteiger partial charge on any atom is 0.416 e. The summed E-state index contributed by atoms with van der Waals surface area (Å²) in [6.45, 7) is 4.96. The Morgan fingerprint density at radius 1 is 1.03 bits per heavy atom. The maximum atomic E-state index is 12.7. The van der Waals surface area contributed by atoms with Crippen LogP contribution in [-0.4, -0.2) is 44.3 Å². The zero-order valence-electron chi connectivity index (χ0n) is 17.7. The Morgan fingerprint density at radius 2 is 1.62 bits per heavy atom. The number of aryl methyl sites for hydroxylation is 1. The summed E-state index contributed by atoms with van der Waals surface area (Å²) in [6.07, 6.45) is -4.53. The van der Waals surface area contributed by atoms with Crippen molar-refractivity contribution < 1.29 is 35.9 Å². The van der Waals surface area contributed by atoms with Crippen molar-refractivity contribution in [3.05, 3.63) is 59.2 Å². The molecule has 0 spiro atoms. The van der Waals surface area contributed by atoms with Crippen LogP contribution < -0.4 is 5.32 Å². The van der Waals surface area contributed by atoms with Crippen molar-refractivity contribution in [3.63, 3.8) is 0 Å². The smallest absolute Gasteiger partial charge is 0.416 e. The van der Waals surface area contributed by atoms with Crippen molar-refractivity contribution in [2.45, 2.75) is 31.8 Å². The molecule has 7 nitrogen and oxygen atoms in total. The lowest BCUT2D eigenvalue weighted by molar-refractivity contribution is -0.137. The van der Waals surface area contributed by atoms with Gasteiger partial charge in [0.2, 0.25) is 10.0 Å². The number of sulfonamides is 1. The van der Waals surface area contributed by atoms with E-state index >= 15 is 0 Å². The number of ether oxygens (including phenoxy) is 1. The highest BCUT2D eigenvalue weighted by atomic mass is 32.2. The topological polar surface area (TPSA) is 92.8 Å². The first-order valence-corrected chi connectivity index (χ1v) is 11.1. The molecule has 1 N–H and O–H groups in total. The molecule has 0 aliphatic rings. The fourth-order valence-electron chi connectivity index (χ4n) is 2.80. The van der Waals surface area contributed by atoms with E-state index in [4.69, 9.17) is 4.74 Å². The second kappa shape index (κ2) is 10.1. The number of halogens is 3. The van der Waals surface area contributed by atoms with E-state index in [1.54, 1.807) is 26.8 Å². The van der Waals surface area contributed by atoms with Gasteiger partial charge in [-0.15, -0.1) is 0 Å². The van der Waals surface area contributed by atoms with Gasteiger partial charge in [-0.3, -0.25) is 4.79 Å². The third-order valence-corrected chi connectivity index (χ3v) is 6.65. The highest BCUT2D eigenvalue weighted by Crippen LogP contribution is 2.29. The van der Waals surface area contributed by atoms with Gasteiger partial charge in [0.1, 0.15) is 0 Å². The minimum atomic E-state index is -4.53. The monoisotopic (exact) mass is 472 g/mol. The van der Waals surface area contributed by atoms with Gasteiger partial charge in [0.25, 0.3) is 5.91 Å². The number of carbonyl (C=O) groups excluding carboxylic acids is 2. The number of hydrogen-bond acceptors (Lipinski definition) is 5. The molecule has 0 saturated carbocycles. The van der Waals surface area contributed by atoms with Gasteiger partial charge in [0.15, 0.2) is 6.61 Å². The van der Waals surface area contributed by atoms with Crippen molar-refractivity contribution in [1.29, 1.82) is 0 Å². The predicted octanol–water partition coefficient (Wildman–Crippen LogP) is 3.84. The maximum absolute atomic E-state index is 12.7. The van der Waals surface area contributed by atoms with Gasteiger partial charge in [-0.25, -0.2) is 13.2 Å². The van der Waals surface area contributed by atoms with Crippen LogP contribution in [0.25, 0.3) is 0 Å². The Hall–Kier alpha value is -2.92. The Labute approximate surface area is 184 Å². The van der Waals surface area contributed by atoms with E-state index in [9.17, 15) is 31.2 Å². The van der Waals surface area contributed by atoms with Gasteiger partial charge in [0, 0.05) is 18.8 Å². The molecule has 2 aromatic carbocycles. The second-order valence-electron chi connectivity index (χ2n) is 6.77. The van der Waals surface area contributed by atoms with Crippen molar-refractivity contribution in [1.82, 2.24) is 4.31 Å². The molecule has 11 heteroatoms. The van der Waals surface area contributed by atoms with E-state index in [0.29, 0.717) is 5.56 Å². The quantitative estimate of drug-likeness (QED) is 0.590. The van der Waals surface area contributed by atoms with Gasteiger partial charge < -0.3 is 10.1 Å². The number of rotatable bonds is 8. The van der Waals surface area contributed by atoms with Gasteiger partial charge in [-0.05, 0) is 48.9 Å². The molecule has 0 fully saturated rings. The summed E-state index contributed by atoms with van der Waals surface area (Å²) < 4.78 is 69.2. The fraction of sp³-hybridized carbons (Fsp3) is 0.333. The molecule has 174 valence electrons. The van der Waals surface area contributed by atoms with Crippen LogP contribution in [0.4, 0.5) is 18.9 Å². The molecule has 0 aromatic heterocycles. The Balaban J connectivity index is 2.06. The average Bonchev–Trinajstić information content (AvgIpc) is 2.73. The molecule has 0 saturated heterocycles. The Morgan fingerprint density at radius 3 is 2.16 bits per heavy atom. The first kappa shape index (κ1) is 25.3. The molecule has 2 rings (SSSR count). The fourth-order valence-corrected chi connectivity index (χ4v) is 4.29. The third-order valence-electron chi connectivity index (χ3n) is 4.61. The molecule has 0 aliphatic carbocycles. The number of nitrogens with zero attached hydrogens (tertiary/aromatic N) is 1. The van der Waals surface area contributed by atoms with E-state index in [1.165, 1.54) is 16.4 Å². The SMILES string of the molecule is CCN(CC)S(=O)(=O)c1ccc(C)c(NC(=O)COC(=O)c2ccc(C(F)(F)F)cc2)c1. The zero-order valence-corrected chi connectivity index (χ0v) is 18.5. The van der Waals surface area contributed by atoms with Crippen LogP contribution in [0.3, 0.4) is 0 Å². The van der Waals surface area contributed by atoms with Crippen molar-refractivity contribution >= 4 is 27.6 Å². The van der Waals surface area contributed by atoms with E-state index < -0.39 is 40.2 Å². The molecule has 2 aromatic rings. The largest absolute Gasteiger partial charge is 0.452 e. The summed E-state index contributed by atoms with van der Waals surface area (Å²) in [7, 11) is -3.74. The van der Waals surface area contributed by atoms with Gasteiger partial charge >= 0.3 is 12.1 Å². The van der Waals surface area contributed by atoms with Crippen molar-refractivity contribution in [3.8, 4) is 0 Å².